The molecular formula is C28H34N4O6. The highest BCUT2D eigenvalue weighted by atomic mass is 16.5. The molecule has 1 atom stereocenters. The van der Waals surface area contributed by atoms with E-state index in [1.165, 1.54) is 0 Å². The molecule has 202 valence electrons. The molecule has 3 aromatic rings. The minimum absolute atomic E-state index is 0.0460. The zero-order valence-electron chi connectivity index (χ0n) is 22.5. The van der Waals surface area contributed by atoms with Crippen LogP contribution in [0.2, 0.25) is 0 Å². The minimum atomic E-state index is -0.601. The van der Waals surface area contributed by atoms with Crippen molar-refractivity contribution in [3.8, 4) is 40.0 Å². The molecule has 2 heterocycles. The molecule has 1 fully saturated rings. The van der Waals surface area contributed by atoms with Crippen molar-refractivity contribution in [1.29, 1.82) is 0 Å². The van der Waals surface area contributed by atoms with E-state index in [4.69, 9.17) is 23.7 Å². The second-order valence-corrected chi connectivity index (χ2v) is 8.67. The molecule has 1 amide bonds. The Morgan fingerprint density at radius 1 is 0.895 bits per heavy atom. The van der Waals surface area contributed by atoms with Gasteiger partial charge in [-0.3, -0.25) is 4.79 Å². The molecule has 0 radical (unpaired) electrons. The van der Waals surface area contributed by atoms with Gasteiger partial charge in [0.05, 0.1) is 33.6 Å². The number of carbonyl (C=O) groups excluding carboxylic acids is 1. The normalized spacial score (nSPS) is 14.0. The Morgan fingerprint density at radius 3 is 2.16 bits per heavy atom. The SMILES string of the molecule is CCOc1cccc(OC(C)C(=O)N2CCN(c3ccc(-c4cc(OC)c(OC)c(OC)c4)nn3)CC2)c1. The van der Waals surface area contributed by atoms with Crippen molar-refractivity contribution in [2.24, 2.45) is 0 Å². The Morgan fingerprint density at radius 2 is 1.58 bits per heavy atom. The van der Waals surface area contributed by atoms with E-state index in [0.717, 1.165) is 17.1 Å². The van der Waals surface area contributed by atoms with Crippen molar-refractivity contribution in [2.45, 2.75) is 20.0 Å². The predicted molar refractivity (Wildman–Crippen MR) is 144 cm³/mol. The molecule has 0 bridgehead atoms. The molecule has 1 aliphatic rings. The topological polar surface area (TPSA) is 95.5 Å². The van der Waals surface area contributed by atoms with E-state index >= 15 is 0 Å². The minimum Gasteiger partial charge on any atom is -0.494 e. The number of rotatable bonds is 10. The van der Waals surface area contributed by atoms with Crippen LogP contribution in [0.1, 0.15) is 13.8 Å². The van der Waals surface area contributed by atoms with Gasteiger partial charge in [0.15, 0.2) is 23.4 Å². The van der Waals surface area contributed by atoms with Gasteiger partial charge in [0, 0.05) is 37.8 Å². The number of carbonyl (C=O) groups is 1. The molecule has 10 heteroatoms. The summed E-state index contributed by atoms with van der Waals surface area (Å²) >= 11 is 0. The number of aromatic nitrogens is 2. The van der Waals surface area contributed by atoms with Gasteiger partial charge in [-0.1, -0.05) is 6.07 Å². The zero-order valence-corrected chi connectivity index (χ0v) is 22.5. The van der Waals surface area contributed by atoms with E-state index in [2.05, 4.69) is 15.1 Å². The number of hydrogen-bond donors (Lipinski definition) is 0. The smallest absolute Gasteiger partial charge is 0.263 e. The van der Waals surface area contributed by atoms with Gasteiger partial charge in [-0.05, 0) is 50.2 Å². The van der Waals surface area contributed by atoms with Crippen LogP contribution >= 0.6 is 0 Å². The van der Waals surface area contributed by atoms with Gasteiger partial charge in [0.1, 0.15) is 11.5 Å². The van der Waals surface area contributed by atoms with Gasteiger partial charge < -0.3 is 33.5 Å². The first kappa shape index (κ1) is 26.8. The van der Waals surface area contributed by atoms with Crippen LogP contribution in [-0.4, -0.2) is 81.2 Å². The highest BCUT2D eigenvalue weighted by Crippen LogP contribution is 2.40. The van der Waals surface area contributed by atoms with Gasteiger partial charge in [0.25, 0.3) is 5.91 Å². The van der Waals surface area contributed by atoms with E-state index in [-0.39, 0.29) is 5.91 Å². The Hall–Kier alpha value is -4.21. The molecule has 1 aromatic heterocycles. The average Bonchev–Trinajstić information content (AvgIpc) is 2.96. The van der Waals surface area contributed by atoms with Crippen molar-refractivity contribution in [3.63, 3.8) is 0 Å². The molecule has 1 unspecified atom stereocenters. The lowest BCUT2D eigenvalue weighted by molar-refractivity contribution is -0.138. The Labute approximate surface area is 223 Å². The Kier molecular flexibility index (Phi) is 8.73. The van der Waals surface area contributed by atoms with Crippen LogP contribution in [-0.2, 0) is 4.79 Å². The maximum atomic E-state index is 13.0. The molecule has 38 heavy (non-hydrogen) atoms. The molecular weight excluding hydrogens is 488 g/mol. The highest BCUT2D eigenvalue weighted by Gasteiger charge is 2.27. The summed E-state index contributed by atoms with van der Waals surface area (Å²) in [6.07, 6.45) is -0.601. The molecule has 0 spiro atoms. The maximum absolute atomic E-state index is 13.0. The number of anilines is 1. The lowest BCUT2D eigenvalue weighted by Gasteiger charge is -2.36. The van der Waals surface area contributed by atoms with Crippen molar-refractivity contribution in [2.75, 3.05) is 59.0 Å². The van der Waals surface area contributed by atoms with Gasteiger partial charge in [-0.15, -0.1) is 10.2 Å². The maximum Gasteiger partial charge on any atom is 0.263 e. The number of benzene rings is 2. The molecule has 1 saturated heterocycles. The third-order valence-corrected chi connectivity index (χ3v) is 6.30. The summed E-state index contributed by atoms with van der Waals surface area (Å²) in [5, 5.41) is 8.87. The average molecular weight is 523 g/mol. The number of methoxy groups -OCH3 is 3. The van der Waals surface area contributed by atoms with E-state index in [1.807, 2.05) is 54.3 Å². The van der Waals surface area contributed by atoms with Gasteiger partial charge in [-0.25, -0.2) is 0 Å². The number of nitrogens with zero attached hydrogens (tertiary/aromatic N) is 4. The molecule has 0 saturated carbocycles. The molecule has 10 nitrogen and oxygen atoms in total. The predicted octanol–water partition coefficient (Wildman–Crippen LogP) is 3.68. The lowest BCUT2D eigenvalue weighted by atomic mass is 10.1. The van der Waals surface area contributed by atoms with Crippen LogP contribution in [0.15, 0.2) is 48.5 Å². The highest BCUT2D eigenvalue weighted by molar-refractivity contribution is 5.81. The summed E-state index contributed by atoms with van der Waals surface area (Å²) in [6, 6.07) is 14.9. The first-order valence-corrected chi connectivity index (χ1v) is 12.5. The fourth-order valence-corrected chi connectivity index (χ4v) is 4.35. The van der Waals surface area contributed by atoms with Crippen LogP contribution in [0, 0.1) is 0 Å². The number of piperazine rings is 1. The van der Waals surface area contributed by atoms with Crippen LogP contribution in [0.3, 0.4) is 0 Å². The van der Waals surface area contributed by atoms with Crippen LogP contribution in [0.5, 0.6) is 28.7 Å². The summed E-state index contributed by atoms with van der Waals surface area (Å²) in [7, 11) is 4.72. The monoisotopic (exact) mass is 522 g/mol. The summed E-state index contributed by atoms with van der Waals surface area (Å²) in [5.74, 6) is 3.66. The van der Waals surface area contributed by atoms with Gasteiger partial charge >= 0.3 is 0 Å². The third-order valence-electron chi connectivity index (χ3n) is 6.30. The molecule has 4 rings (SSSR count). The second-order valence-electron chi connectivity index (χ2n) is 8.67. The van der Waals surface area contributed by atoms with Crippen molar-refractivity contribution < 1.29 is 28.5 Å². The molecule has 0 N–H and O–H groups in total. The standard InChI is InChI=1S/C28H34N4O6/c1-6-37-21-8-7-9-22(18-21)38-19(2)28(33)32-14-12-31(13-15-32)26-11-10-23(29-30-26)20-16-24(34-3)27(36-5)25(17-20)35-4/h7-11,16-19H,6,12-15H2,1-5H3. The van der Waals surface area contributed by atoms with Crippen LogP contribution in [0.4, 0.5) is 5.82 Å². The fraction of sp³-hybridized carbons (Fsp3) is 0.393. The largest absolute Gasteiger partial charge is 0.494 e. The summed E-state index contributed by atoms with van der Waals surface area (Å²) in [6.45, 7) is 6.71. The number of ether oxygens (including phenoxy) is 5. The number of amides is 1. The Bertz CT molecular complexity index is 1200. The first-order chi connectivity index (χ1) is 18.5. The fourth-order valence-electron chi connectivity index (χ4n) is 4.35. The molecule has 1 aliphatic heterocycles. The van der Waals surface area contributed by atoms with E-state index in [1.54, 1.807) is 34.3 Å². The quantitative estimate of drug-likeness (QED) is 0.395. The Balaban J connectivity index is 1.36. The summed E-state index contributed by atoms with van der Waals surface area (Å²) < 4.78 is 27.7. The molecule has 2 aromatic carbocycles. The first-order valence-electron chi connectivity index (χ1n) is 12.5. The van der Waals surface area contributed by atoms with Gasteiger partial charge in [0.2, 0.25) is 5.75 Å². The van der Waals surface area contributed by atoms with E-state index in [9.17, 15) is 4.79 Å². The summed E-state index contributed by atoms with van der Waals surface area (Å²) in [4.78, 5) is 16.9. The van der Waals surface area contributed by atoms with Crippen molar-refractivity contribution in [3.05, 3.63) is 48.5 Å². The van der Waals surface area contributed by atoms with Crippen LogP contribution < -0.4 is 28.6 Å². The van der Waals surface area contributed by atoms with E-state index in [0.29, 0.717) is 61.5 Å². The number of hydrogen-bond acceptors (Lipinski definition) is 9. The van der Waals surface area contributed by atoms with Crippen molar-refractivity contribution in [1.82, 2.24) is 15.1 Å². The third kappa shape index (κ3) is 6.01. The lowest BCUT2D eigenvalue weighted by Crippen LogP contribution is -2.52. The zero-order chi connectivity index (χ0) is 27.1. The van der Waals surface area contributed by atoms with E-state index < -0.39 is 6.10 Å². The second kappa shape index (κ2) is 12.4. The molecule has 0 aliphatic carbocycles. The van der Waals surface area contributed by atoms with Gasteiger partial charge in [-0.2, -0.15) is 0 Å². The van der Waals surface area contributed by atoms with Crippen LogP contribution in [0.25, 0.3) is 11.3 Å². The van der Waals surface area contributed by atoms with Crippen molar-refractivity contribution >= 4 is 11.7 Å². The summed E-state index contributed by atoms with van der Waals surface area (Å²) in [5.41, 5.74) is 1.48.